The summed E-state index contributed by atoms with van der Waals surface area (Å²) in [4.78, 5) is 26.4. The number of alkyl halides is 2. The van der Waals surface area contributed by atoms with Gasteiger partial charge < -0.3 is 19.4 Å². The van der Waals surface area contributed by atoms with Gasteiger partial charge in [0.15, 0.2) is 23.9 Å². The topological polar surface area (TPSA) is 106 Å². The molecule has 2 aromatic carbocycles. The van der Waals surface area contributed by atoms with E-state index in [9.17, 15) is 13.6 Å². The summed E-state index contributed by atoms with van der Waals surface area (Å²) < 4.78 is 71.0. The van der Waals surface area contributed by atoms with Crippen molar-refractivity contribution in [1.82, 2.24) is 25.1 Å². The van der Waals surface area contributed by atoms with Gasteiger partial charge in [0, 0.05) is 35.7 Å². The molecule has 1 unspecified atom stereocenters. The first-order chi connectivity index (χ1) is 25.2. The molecule has 9 rings (SSSR count). The number of nitrogens with zero attached hydrogens (tertiary/aromatic N) is 5. The number of rotatable bonds is 8. The normalized spacial score (nSPS) is 20.4. The Kier molecular flexibility index (Phi) is 7.75. The van der Waals surface area contributed by atoms with Crippen LogP contribution in [0.3, 0.4) is 0 Å². The minimum Gasteiger partial charge on any atom is -0.493 e. The van der Waals surface area contributed by atoms with Gasteiger partial charge in [-0.1, -0.05) is 18.2 Å². The number of fused-ring (bicyclic) bond motifs is 5. The molecule has 1 fully saturated rings. The Morgan fingerprint density at radius 2 is 1.87 bits per heavy atom. The maximum absolute atomic E-state index is 15.7. The first-order valence-electron chi connectivity index (χ1n) is 16.9. The number of pyridine rings is 2. The summed E-state index contributed by atoms with van der Waals surface area (Å²) >= 11 is 1.33. The second kappa shape index (κ2) is 12.4. The highest BCUT2D eigenvalue weighted by Gasteiger charge is 2.46. The molecule has 14 heteroatoms. The molecule has 264 valence electrons. The number of benzene rings is 2. The molecule has 1 aliphatic carbocycles. The van der Waals surface area contributed by atoms with E-state index in [1.165, 1.54) is 36.6 Å². The molecule has 2 aliphatic heterocycles. The first kappa shape index (κ1) is 32.5. The Hall–Kier alpha value is -5.37. The lowest BCUT2D eigenvalue weighted by Gasteiger charge is -2.18. The van der Waals surface area contributed by atoms with Crippen LogP contribution in [0.5, 0.6) is 5.75 Å². The third kappa shape index (κ3) is 5.06. The van der Waals surface area contributed by atoms with Gasteiger partial charge in [-0.05, 0) is 72.5 Å². The lowest BCUT2D eigenvalue weighted by Crippen LogP contribution is -2.22. The van der Waals surface area contributed by atoms with Crippen molar-refractivity contribution in [3.8, 4) is 27.6 Å². The van der Waals surface area contributed by atoms with E-state index < -0.39 is 24.2 Å². The van der Waals surface area contributed by atoms with Gasteiger partial charge in [-0.2, -0.15) is 0 Å². The first-order valence-corrected chi connectivity index (χ1v) is 17.8. The molecular weight excluding hydrogens is 697 g/mol. The molecule has 1 saturated heterocycles. The third-order valence-corrected chi connectivity index (χ3v) is 11.4. The van der Waals surface area contributed by atoms with Crippen molar-refractivity contribution in [2.45, 2.75) is 57.0 Å². The molecule has 0 bridgehead atoms. The third-order valence-electron chi connectivity index (χ3n) is 10.2. The minimum absolute atomic E-state index is 0.130. The molecule has 52 heavy (non-hydrogen) atoms. The van der Waals surface area contributed by atoms with Gasteiger partial charge in [0.1, 0.15) is 11.6 Å². The summed E-state index contributed by atoms with van der Waals surface area (Å²) in [5.41, 5.74) is 3.96. The van der Waals surface area contributed by atoms with Crippen LogP contribution in [-0.2, 0) is 12.8 Å². The maximum Gasteiger partial charge on any atom is 0.257 e. The van der Waals surface area contributed by atoms with Crippen LogP contribution in [0.25, 0.3) is 32.0 Å². The summed E-state index contributed by atoms with van der Waals surface area (Å²) in [6.07, 6.45) is 0.0502. The number of nitrogens with one attached hydrogen (secondary N) is 1. The van der Waals surface area contributed by atoms with Crippen molar-refractivity contribution in [1.29, 1.82) is 0 Å². The Bertz CT molecular complexity index is 2400. The molecule has 0 spiro atoms. The molecular formula is C38H30F4N6O3S. The molecule has 4 aromatic heterocycles. The van der Waals surface area contributed by atoms with Gasteiger partial charge in [-0.15, -0.1) is 21.5 Å². The zero-order chi connectivity index (χ0) is 35.8. The molecule has 1 amide bonds. The summed E-state index contributed by atoms with van der Waals surface area (Å²) in [5, 5.41) is 12.3. The number of amides is 1. The Labute approximate surface area is 298 Å². The van der Waals surface area contributed by atoms with Crippen LogP contribution in [-0.4, -0.2) is 50.8 Å². The number of anilines is 1. The number of carbonyl (C=O) groups is 1. The van der Waals surface area contributed by atoms with Gasteiger partial charge in [0.05, 0.1) is 46.4 Å². The van der Waals surface area contributed by atoms with Crippen molar-refractivity contribution in [2.75, 3.05) is 19.0 Å². The van der Waals surface area contributed by atoms with E-state index in [1.807, 2.05) is 11.0 Å². The quantitative estimate of drug-likeness (QED) is 0.156. The van der Waals surface area contributed by atoms with Crippen LogP contribution in [0, 0.1) is 18.6 Å². The number of carbonyl (C=O) groups excluding carboxylic acids is 1. The van der Waals surface area contributed by atoms with E-state index in [0.717, 1.165) is 29.9 Å². The average molecular weight is 727 g/mol. The van der Waals surface area contributed by atoms with E-state index >= 15 is 8.78 Å². The highest BCUT2D eigenvalue weighted by atomic mass is 32.1. The highest BCUT2D eigenvalue weighted by molar-refractivity contribution is 7.23. The SMILES string of the molecule is COc1c(F)ccc2c1[C@H](F)[C@H](F)[C@@H]2Nc1nccc2cc(-c3c4c(nc(CCc5ccc(F)cc5)c3-c3nnc(C)o3)C3CCCN3C4=O)sc12. The highest BCUT2D eigenvalue weighted by Crippen LogP contribution is 2.52. The summed E-state index contributed by atoms with van der Waals surface area (Å²) in [6, 6.07) is 11.2. The second-order valence-corrected chi connectivity index (χ2v) is 14.3. The van der Waals surface area contributed by atoms with Crippen LogP contribution in [0.4, 0.5) is 23.4 Å². The number of hydrogen-bond donors (Lipinski definition) is 1. The molecule has 0 saturated carbocycles. The number of methoxy groups -OCH3 is 1. The smallest absolute Gasteiger partial charge is 0.257 e. The largest absolute Gasteiger partial charge is 0.493 e. The Morgan fingerprint density at radius 1 is 1.04 bits per heavy atom. The molecule has 9 nitrogen and oxygen atoms in total. The van der Waals surface area contributed by atoms with Crippen LogP contribution in [0.1, 0.15) is 75.4 Å². The van der Waals surface area contributed by atoms with Crippen molar-refractivity contribution in [2.24, 2.45) is 0 Å². The van der Waals surface area contributed by atoms with E-state index in [2.05, 4.69) is 20.5 Å². The Morgan fingerprint density at radius 3 is 2.63 bits per heavy atom. The van der Waals surface area contributed by atoms with Crippen molar-refractivity contribution >= 4 is 33.1 Å². The van der Waals surface area contributed by atoms with E-state index in [4.69, 9.17) is 14.1 Å². The zero-order valence-corrected chi connectivity index (χ0v) is 28.7. The van der Waals surface area contributed by atoms with Crippen LogP contribution >= 0.6 is 11.3 Å². The van der Waals surface area contributed by atoms with Gasteiger partial charge in [-0.3, -0.25) is 9.78 Å². The number of thiophene rings is 1. The van der Waals surface area contributed by atoms with E-state index in [-0.39, 0.29) is 40.5 Å². The number of halogens is 4. The van der Waals surface area contributed by atoms with Crippen LogP contribution in [0.15, 0.2) is 59.1 Å². The molecule has 0 radical (unpaired) electrons. The predicted octanol–water partition coefficient (Wildman–Crippen LogP) is 8.59. The van der Waals surface area contributed by atoms with Crippen molar-refractivity contribution in [3.63, 3.8) is 0 Å². The molecule has 6 heterocycles. The fourth-order valence-corrected chi connectivity index (χ4v) is 9.03. The number of aryl methyl sites for hydroxylation is 3. The lowest BCUT2D eigenvalue weighted by atomic mass is 9.93. The van der Waals surface area contributed by atoms with E-state index in [1.54, 1.807) is 31.3 Å². The molecule has 3 aliphatic rings. The maximum atomic E-state index is 15.7. The molecule has 4 atom stereocenters. The van der Waals surface area contributed by atoms with Gasteiger partial charge in [-0.25, -0.2) is 22.5 Å². The van der Waals surface area contributed by atoms with Crippen molar-refractivity contribution < 1.29 is 31.5 Å². The minimum atomic E-state index is -2.11. The van der Waals surface area contributed by atoms with Crippen molar-refractivity contribution in [3.05, 3.63) is 106 Å². The number of aromatic nitrogens is 4. The lowest BCUT2D eigenvalue weighted by molar-refractivity contribution is 0.0776. The summed E-state index contributed by atoms with van der Waals surface area (Å²) in [7, 11) is 1.22. The van der Waals surface area contributed by atoms with Gasteiger partial charge in [0.25, 0.3) is 5.91 Å². The number of hydrogen-bond acceptors (Lipinski definition) is 9. The number of ether oxygens (including phenoxy) is 1. The monoisotopic (exact) mass is 726 g/mol. The van der Waals surface area contributed by atoms with Crippen LogP contribution < -0.4 is 10.1 Å². The zero-order valence-electron chi connectivity index (χ0n) is 27.9. The molecule has 6 aromatic rings. The van der Waals surface area contributed by atoms with Gasteiger partial charge in [0.2, 0.25) is 11.8 Å². The average Bonchev–Trinajstić information content (AvgIpc) is 3.97. The van der Waals surface area contributed by atoms with E-state index in [0.29, 0.717) is 68.8 Å². The Balaban J connectivity index is 1.20. The summed E-state index contributed by atoms with van der Waals surface area (Å²) in [6.45, 7) is 2.30. The molecule has 1 N–H and O–H groups in total. The second-order valence-electron chi connectivity index (χ2n) is 13.2. The van der Waals surface area contributed by atoms with Gasteiger partial charge >= 0.3 is 0 Å². The fraction of sp³-hybridized carbons (Fsp3) is 0.289. The predicted molar refractivity (Wildman–Crippen MR) is 186 cm³/mol. The fourth-order valence-electron chi connectivity index (χ4n) is 7.87. The van der Waals surface area contributed by atoms with Crippen LogP contribution in [0.2, 0.25) is 0 Å². The standard InChI is InChI=1S/C38H30F4N6O3S/c1-17-46-47-37(51-17)27-23(12-7-18-5-8-20(39)9-6-18)44-33-24-4-3-15-48(24)38(49)29(33)28(27)25-16-19-13-14-43-36(35(19)52-25)45-32-21-10-11-22(40)34(50-2)26(21)30(41)31(32)42/h5-6,8-11,13-14,16,24,30-32H,3-4,7,12,15H2,1-2H3,(H,43,45)/t24?,30-,31-,32+/m0/s1. The summed E-state index contributed by atoms with van der Waals surface area (Å²) in [5.74, 6) is -0.701.